The number of hydrogen-bond donors (Lipinski definition) is 2. The molecule has 1 unspecified atom stereocenters. The molecule has 2 aromatic rings. The third-order valence-electron chi connectivity index (χ3n) is 3.64. The Balaban J connectivity index is 2.08. The number of amides is 1. The van der Waals surface area contributed by atoms with Gasteiger partial charge in [-0.2, -0.15) is 0 Å². The number of hydrogen-bond acceptors (Lipinski definition) is 3. The van der Waals surface area contributed by atoms with Crippen molar-refractivity contribution >= 4 is 11.6 Å². The molecule has 1 aromatic heterocycles. The molecule has 21 heavy (non-hydrogen) atoms. The van der Waals surface area contributed by atoms with Gasteiger partial charge in [-0.3, -0.25) is 9.78 Å². The van der Waals surface area contributed by atoms with Crippen LogP contribution < -0.4 is 11.1 Å². The van der Waals surface area contributed by atoms with Gasteiger partial charge in [0.2, 0.25) is 0 Å². The van der Waals surface area contributed by atoms with Crippen molar-refractivity contribution < 1.29 is 4.79 Å². The highest BCUT2D eigenvalue weighted by Crippen LogP contribution is 2.20. The molecule has 0 radical (unpaired) electrons. The van der Waals surface area contributed by atoms with Crippen LogP contribution in [0.15, 0.2) is 42.6 Å². The number of anilines is 1. The van der Waals surface area contributed by atoms with Crippen molar-refractivity contribution in [2.45, 2.75) is 32.7 Å². The Hall–Kier alpha value is -2.20. The zero-order valence-corrected chi connectivity index (χ0v) is 12.5. The van der Waals surface area contributed by atoms with Crippen molar-refractivity contribution in [2.75, 3.05) is 5.32 Å². The zero-order chi connectivity index (χ0) is 15.2. The maximum atomic E-state index is 12.2. The van der Waals surface area contributed by atoms with E-state index < -0.39 is 0 Å². The van der Waals surface area contributed by atoms with E-state index in [0.717, 1.165) is 12.1 Å². The third kappa shape index (κ3) is 3.89. The van der Waals surface area contributed by atoms with Gasteiger partial charge in [0.25, 0.3) is 5.91 Å². The van der Waals surface area contributed by atoms with Crippen LogP contribution in [0.1, 0.15) is 47.8 Å². The summed E-state index contributed by atoms with van der Waals surface area (Å²) in [5.41, 5.74) is 8.88. The van der Waals surface area contributed by atoms with E-state index in [4.69, 9.17) is 5.73 Å². The van der Waals surface area contributed by atoms with Crippen LogP contribution in [0.3, 0.4) is 0 Å². The van der Waals surface area contributed by atoms with Gasteiger partial charge >= 0.3 is 0 Å². The number of rotatable bonds is 5. The summed E-state index contributed by atoms with van der Waals surface area (Å²) in [6, 6.07) is 11.4. The second kappa shape index (κ2) is 6.99. The Kier molecular flexibility index (Phi) is 5.06. The van der Waals surface area contributed by atoms with E-state index in [1.807, 2.05) is 12.1 Å². The Labute approximate surface area is 125 Å². The molecule has 4 nitrogen and oxygen atoms in total. The van der Waals surface area contributed by atoms with E-state index in [1.165, 1.54) is 5.56 Å². The van der Waals surface area contributed by atoms with Crippen LogP contribution in [-0.2, 0) is 6.54 Å². The number of nitrogens with two attached hydrogens (primary N) is 1. The van der Waals surface area contributed by atoms with E-state index in [9.17, 15) is 4.79 Å². The van der Waals surface area contributed by atoms with Gasteiger partial charge in [0, 0.05) is 24.0 Å². The predicted octanol–water partition coefficient (Wildman–Crippen LogP) is 3.31. The van der Waals surface area contributed by atoms with Crippen molar-refractivity contribution in [1.29, 1.82) is 0 Å². The minimum absolute atomic E-state index is 0.150. The molecule has 1 amide bonds. The van der Waals surface area contributed by atoms with E-state index >= 15 is 0 Å². The molecular formula is C17H21N3O. The topological polar surface area (TPSA) is 68.0 Å². The molecule has 1 aromatic carbocycles. The van der Waals surface area contributed by atoms with E-state index in [2.05, 4.69) is 36.3 Å². The van der Waals surface area contributed by atoms with Crippen molar-refractivity contribution in [3.63, 3.8) is 0 Å². The van der Waals surface area contributed by atoms with E-state index in [-0.39, 0.29) is 5.91 Å². The summed E-state index contributed by atoms with van der Waals surface area (Å²) in [6.45, 7) is 4.68. The van der Waals surface area contributed by atoms with Crippen LogP contribution >= 0.6 is 0 Å². The molecular weight excluding hydrogens is 262 g/mol. The number of benzene rings is 1. The highest BCUT2D eigenvalue weighted by Gasteiger charge is 2.08. The zero-order valence-electron chi connectivity index (χ0n) is 12.5. The standard InChI is InChI=1S/C17H21N3O/c1-3-12(2)13-4-6-15(7-5-13)20-17(21)14-8-9-19-16(10-14)11-18/h4-10,12H,3,11,18H2,1-2H3,(H,20,21). The van der Waals surface area contributed by atoms with Crippen LogP contribution in [0.25, 0.3) is 0 Å². The molecule has 0 saturated carbocycles. The lowest BCUT2D eigenvalue weighted by molar-refractivity contribution is 0.102. The Morgan fingerprint density at radius 1 is 1.29 bits per heavy atom. The summed E-state index contributed by atoms with van der Waals surface area (Å²) < 4.78 is 0. The Morgan fingerprint density at radius 2 is 2.00 bits per heavy atom. The van der Waals surface area contributed by atoms with E-state index in [0.29, 0.717) is 23.7 Å². The van der Waals surface area contributed by atoms with Gasteiger partial charge in [0.05, 0.1) is 5.69 Å². The maximum Gasteiger partial charge on any atom is 0.255 e. The SMILES string of the molecule is CCC(C)c1ccc(NC(=O)c2ccnc(CN)c2)cc1. The van der Waals surface area contributed by atoms with E-state index in [1.54, 1.807) is 18.3 Å². The fourth-order valence-corrected chi connectivity index (χ4v) is 2.07. The number of aromatic nitrogens is 1. The summed E-state index contributed by atoms with van der Waals surface area (Å²) in [6.07, 6.45) is 2.70. The molecule has 4 heteroatoms. The summed E-state index contributed by atoms with van der Waals surface area (Å²) in [4.78, 5) is 16.3. The van der Waals surface area contributed by atoms with Crippen molar-refractivity contribution in [3.05, 3.63) is 59.4 Å². The molecule has 110 valence electrons. The van der Waals surface area contributed by atoms with Crippen molar-refractivity contribution in [2.24, 2.45) is 5.73 Å². The molecule has 0 aliphatic heterocycles. The van der Waals surface area contributed by atoms with Crippen molar-refractivity contribution in [3.8, 4) is 0 Å². The molecule has 1 atom stereocenters. The quantitative estimate of drug-likeness (QED) is 0.884. The van der Waals surface area contributed by atoms with Crippen LogP contribution in [0.4, 0.5) is 5.69 Å². The summed E-state index contributed by atoms with van der Waals surface area (Å²) in [5.74, 6) is 0.380. The first-order valence-electron chi connectivity index (χ1n) is 7.20. The Morgan fingerprint density at radius 3 is 2.62 bits per heavy atom. The van der Waals surface area contributed by atoms with Gasteiger partial charge in [-0.05, 0) is 42.2 Å². The third-order valence-corrected chi connectivity index (χ3v) is 3.64. The Bertz CT molecular complexity index is 608. The molecule has 0 fully saturated rings. The smallest absolute Gasteiger partial charge is 0.255 e. The van der Waals surface area contributed by atoms with Crippen molar-refractivity contribution in [1.82, 2.24) is 4.98 Å². The minimum Gasteiger partial charge on any atom is -0.325 e. The summed E-state index contributed by atoms with van der Waals surface area (Å²) in [7, 11) is 0. The molecule has 0 aliphatic rings. The van der Waals surface area contributed by atoms with Gasteiger partial charge in [0.1, 0.15) is 0 Å². The first-order valence-corrected chi connectivity index (χ1v) is 7.20. The first kappa shape index (κ1) is 15.2. The lowest BCUT2D eigenvalue weighted by Crippen LogP contribution is -2.13. The summed E-state index contributed by atoms with van der Waals surface area (Å²) >= 11 is 0. The number of nitrogens with zero attached hydrogens (tertiary/aromatic N) is 1. The maximum absolute atomic E-state index is 12.2. The minimum atomic E-state index is -0.150. The highest BCUT2D eigenvalue weighted by atomic mass is 16.1. The lowest BCUT2D eigenvalue weighted by Gasteiger charge is -2.10. The average Bonchev–Trinajstić information content (AvgIpc) is 2.54. The largest absolute Gasteiger partial charge is 0.325 e. The van der Waals surface area contributed by atoms with Crippen LogP contribution in [-0.4, -0.2) is 10.9 Å². The molecule has 1 heterocycles. The average molecular weight is 283 g/mol. The predicted molar refractivity (Wildman–Crippen MR) is 85.2 cm³/mol. The van der Waals surface area contributed by atoms with Gasteiger partial charge < -0.3 is 11.1 Å². The van der Waals surface area contributed by atoms with Gasteiger partial charge in [0.15, 0.2) is 0 Å². The molecule has 0 saturated heterocycles. The van der Waals surface area contributed by atoms with Crippen LogP contribution in [0.5, 0.6) is 0 Å². The van der Waals surface area contributed by atoms with Crippen LogP contribution in [0.2, 0.25) is 0 Å². The second-order valence-corrected chi connectivity index (χ2v) is 5.13. The molecule has 0 spiro atoms. The second-order valence-electron chi connectivity index (χ2n) is 5.13. The van der Waals surface area contributed by atoms with Gasteiger partial charge in [-0.15, -0.1) is 0 Å². The number of nitrogens with one attached hydrogen (secondary N) is 1. The summed E-state index contributed by atoms with van der Waals surface area (Å²) in [5, 5.41) is 2.89. The van der Waals surface area contributed by atoms with Crippen LogP contribution in [0, 0.1) is 0 Å². The van der Waals surface area contributed by atoms with Gasteiger partial charge in [-0.25, -0.2) is 0 Å². The van der Waals surface area contributed by atoms with Gasteiger partial charge in [-0.1, -0.05) is 26.0 Å². The normalized spacial score (nSPS) is 12.0. The molecule has 0 aliphatic carbocycles. The molecule has 3 N–H and O–H groups in total. The fraction of sp³-hybridized carbons (Fsp3) is 0.294. The first-order chi connectivity index (χ1) is 10.1. The lowest BCUT2D eigenvalue weighted by atomic mass is 9.98. The molecule has 0 bridgehead atoms. The number of carbonyl (C=O) groups is 1. The number of carbonyl (C=O) groups excluding carboxylic acids is 1. The molecule has 2 rings (SSSR count). The monoisotopic (exact) mass is 283 g/mol. The highest BCUT2D eigenvalue weighted by molar-refractivity contribution is 6.04. The fourth-order valence-electron chi connectivity index (χ4n) is 2.07. The number of pyridine rings is 1.